The molecule has 1 atom stereocenters. The average molecular weight is 318 g/mol. The summed E-state index contributed by atoms with van der Waals surface area (Å²) >= 11 is 0. The van der Waals surface area contributed by atoms with Crippen LogP contribution in [0.4, 0.5) is 0 Å². The summed E-state index contributed by atoms with van der Waals surface area (Å²) in [6, 6.07) is 10.5. The van der Waals surface area contributed by atoms with E-state index in [2.05, 4.69) is 36.2 Å². The number of benzene rings is 1. The van der Waals surface area contributed by atoms with Gasteiger partial charge in [-0.15, -0.1) is 0 Å². The summed E-state index contributed by atoms with van der Waals surface area (Å²) in [4.78, 5) is 14.6. The van der Waals surface area contributed by atoms with E-state index >= 15 is 0 Å². The number of hydrogen-bond donors (Lipinski definition) is 2. The molecule has 1 amide bonds. The normalized spacial score (nSPS) is 18.1. The Morgan fingerprint density at radius 1 is 1.22 bits per heavy atom. The molecule has 2 N–H and O–H groups in total. The molecule has 1 aromatic carbocycles. The molecule has 1 aromatic rings. The van der Waals surface area contributed by atoms with Crippen LogP contribution in [0.1, 0.15) is 57.6 Å². The van der Waals surface area contributed by atoms with E-state index in [1.54, 1.807) is 0 Å². The van der Waals surface area contributed by atoms with Gasteiger partial charge in [0.05, 0.1) is 18.1 Å². The molecule has 1 aliphatic rings. The minimum absolute atomic E-state index is 0.0394. The quantitative estimate of drug-likeness (QED) is 0.775. The molecule has 0 aromatic heterocycles. The second-order valence-electron chi connectivity index (χ2n) is 6.56. The van der Waals surface area contributed by atoms with E-state index in [-0.39, 0.29) is 18.4 Å². The first-order chi connectivity index (χ1) is 11.1. The van der Waals surface area contributed by atoms with Gasteiger partial charge in [0.2, 0.25) is 5.91 Å². The maximum absolute atomic E-state index is 12.2. The molecule has 1 unspecified atom stereocenters. The number of hydrogen-bond acceptors (Lipinski definition) is 3. The Bertz CT molecular complexity index is 479. The third-order valence-corrected chi connectivity index (χ3v) is 4.95. The van der Waals surface area contributed by atoms with Gasteiger partial charge < -0.3 is 10.4 Å². The third-order valence-electron chi connectivity index (χ3n) is 4.95. The Kier molecular flexibility index (Phi) is 6.60. The minimum Gasteiger partial charge on any atom is -0.389 e. The predicted octanol–water partition coefficient (Wildman–Crippen LogP) is 2.88. The van der Waals surface area contributed by atoms with E-state index in [4.69, 9.17) is 0 Å². The number of nitrogens with one attached hydrogen (secondary N) is 1. The van der Waals surface area contributed by atoms with Crippen LogP contribution in [0.3, 0.4) is 0 Å². The SMILES string of the molecule is CCN(CC)C(CNC(=O)CC1(O)CCCC1)c1ccccc1. The van der Waals surface area contributed by atoms with Gasteiger partial charge in [-0.1, -0.05) is 57.0 Å². The topological polar surface area (TPSA) is 52.6 Å². The lowest BCUT2D eigenvalue weighted by Gasteiger charge is -2.31. The first kappa shape index (κ1) is 18.0. The number of aliphatic hydroxyl groups is 1. The zero-order chi connectivity index (χ0) is 16.7. The van der Waals surface area contributed by atoms with Crippen LogP contribution in [0.15, 0.2) is 30.3 Å². The number of carbonyl (C=O) groups excluding carboxylic acids is 1. The lowest BCUT2D eigenvalue weighted by molar-refractivity contribution is -0.126. The Hall–Kier alpha value is -1.39. The zero-order valence-corrected chi connectivity index (χ0v) is 14.4. The van der Waals surface area contributed by atoms with Gasteiger partial charge in [0.15, 0.2) is 0 Å². The fourth-order valence-corrected chi connectivity index (χ4v) is 3.58. The summed E-state index contributed by atoms with van der Waals surface area (Å²) in [5.41, 5.74) is 0.442. The van der Waals surface area contributed by atoms with Crippen molar-refractivity contribution in [3.8, 4) is 0 Å². The van der Waals surface area contributed by atoms with Gasteiger partial charge in [0.1, 0.15) is 0 Å². The maximum atomic E-state index is 12.2. The Labute approximate surface area is 139 Å². The van der Waals surface area contributed by atoms with Gasteiger partial charge in [-0.25, -0.2) is 0 Å². The lowest BCUT2D eigenvalue weighted by atomic mass is 9.97. The zero-order valence-electron chi connectivity index (χ0n) is 14.4. The smallest absolute Gasteiger partial charge is 0.222 e. The number of amides is 1. The number of nitrogens with zero attached hydrogens (tertiary/aromatic N) is 1. The summed E-state index contributed by atoms with van der Waals surface area (Å²) in [6.45, 7) is 6.75. The van der Waals surface area contributed by atoms with E-state index in [1.807, 2.05) is 18.2 Å². The fraction of sp³-hybridized carbons (Fsp3) is 0.632. The molecule has 2 rings (SSSR count). The molecule has 1 aliphatic carbocycles. The van der Waals surface area contributed by atoms with Crippen LogP contribution in [0.2, 0.25) is 0 Å². The van der Waals surface area contributed by atoms with Crippen LogP contribution in [-0.4, -0.2) is 41.1 Å². The largest absolute Gasteiger partial charge is 0.389 e. The molecule has 0 spiro atoms. The molecular weight excluding hydrogens is 288 g/mol. The van der Waals surface area contributed by atoms with Gasteiger partial charge >= 0.3 is 0 Å². The van der Waals surface area contributed by atoms with Crippen molar-refractivity contribution in [3.05, 3.63) is 35.9 Å². The van der Waals surface area contributed by atoms with Gasteiger partial charge in [-0.05, 0) is 31.5 Å². The molecule has 128 valence electrons. The summed E-state index contributed by atoms with van der Waals surface area (Å²) in [6.07, 6.45) is 3.77. The molecule has 4 nitrogen and oxygen atoms in total. The average Bonchev–Trinajstić information content (AvgIpc) is 2.98. The van der Waals surface area contributed by atoms with Crippen molar-refractivity contribution >= 4 is 5.91 Å². The predicted molar refractivity (Wildman–Crippen MR) is 93.1 cm³/mol. The Balaban J connectivity index is 1.96. The minimum atomic E-state index is -0.776. The van der Waals surface area contributed by atoms with Crippen molar-refractivity contribution in [1.82, 2.24) is 10.2 Å². The van der Waals surface area contributed by atoms with E-state index in [0.717, 1.165) is 38.8 Å². The molecule has 0 saturated heterocycles. The first-order valence-corrected chi connectivity index (χ1v) is 8.86. The maximum Gasteiger partial charge on any atom is 0.222 e. The molecule has 1 fully saturated rings. The fourth-order valence-electron chi connectivity index (χ4n) is 3.58. The second kappa shape index (κ2) is 8.46. The monoisotopic (exact) mass is 318 g/mol. The highest BCUT2D eigenvalue weighted by Gasteiger charge is 2.33. The van der Waals surface area contributed by atoms with Crippen molar-refractivity contribution in [2.45, 2.75) is 57.6 Å². The van der Waals surface area contributed by atoms with Gasteiger partial charge in [0, 0.05) is 6.54 Å². The number of likely N-dealkylation sites (N-methyl/N-ethyl adjacent to an activating group) is 1. The summed E-state index contributed by atoms with van der Waals surface area (Å²) in [7, 11) is 0. The Morgan fingerprint density at radius 3 is 2.39 bits per heavy atom. The van der Waals surface area contributed by atoms with E-state index < -0.39 is 5.60 Å². The van der Waals surface area contributed by atoms with Crippen molar-refractivity contribution in [3.63, 3.8) is 0 Å². The summed E-state index contributed by atoms with van der Waals surface area (Å²) in [5, 5.41) is 13.4. The Morgan fingerprint density at radius 2 is 1.83 bits per heavy atom. The van der Waals surface area contributed by atoms with Crippen molar-refractivity contribution in [2.75, 3.05) is 19.6 Å². The van der Waals surface area contributed by atoms with Crippen LogP contribution in [0.25, 0.3) is 0 Å². The lowest BCUT2D eigenvalue weighted by Crippen LogP contribution is -2.40. The van der Waals surface area contributed by atoms with Gasteiger partial charge in [-0.2, -0.15) is 0 Å². The molecule has 0 heterocycles. The van der Waals surface area contributed by atoms with E-state index in [9.17, 15) is 9.90 Å². The van der Waals surface area contributed by atoms with Gasteiger partial charge in [-0.3, -0.25) is 9.69 Å². The molecular formula is C19H30N2O2. The summed E-state index contributed by atoms with van der Waals surface area (Å²) in [5.74, 6) is -0.0394. The van der Waals surface area contributed by atoms with Crippen molar-refractivity contribution < 1.29 is 9.90 Å². The highest BCUT2D eigenvalue weighted by atomic mass is 16.3. The van der Waals surface area contributed by atoms with Crippen LogP contribution in [0.5, 0.6) is 0 Å². The van der Waals surface area contributed by atoms with Crippen LogP contribution < -0.4 is 5.32 Å². The first-order valence-electron chi connectivity index (χ1n) is 8.86. The third kappa shape index (κ3) is 5.05. The van der Waals surface area contributed by atoms with E-state index in [1.165, 1.54) is 5.56 Å². The van der Waals surface area contributed by atoms with E-state index in [0.29, 0.717) is 6.54 Å². The van der Waals surface area contributed by atoms with Gasteiger partial charge in [0.25, 0.3) is 0 Å². The molecule has 1 saturated carbocycles. The standard InChI is InChI=1S/C19H30N2O2/c1-3-21(4-2)17(16-10-6-5-7-11-16)15-20-18(22)14-19(23)12-8-9-13-19/h5-7,10-11,17,23H,3-4,8-9,12-15H2,1-2H3,(H,20,22). The molecule has 23 heavy (non-hydrogen) atoms. The molecule has 0 bridgehead atoms. The van der Waals surface area contributed by atoms with Crippen molar-refractivity contribution in [2.24, 2.45) is 0 Å². The molecule has 0 aliphatic heterocycles. The summed E-state index contributed by atoms with van der Waals surface area (Å²) < 4.78 is 0. The van der Waals surface area contributed by atoms with Crippen LogP contribution in [0, 0.1) is 0 Å². The van der Waals surface area contributed by atoms with Crippen LogP contribution >= 0.6 is 0 Å². The second-order valence-corrected chi connectivity index (χ2v) is 6.56. The molecule has 4 heteroatoms. The van der Waals surface area contributed by atoms with Crippen LogP contribution in [-0.2, 0) is 4.79 Å². The van der Waals surface area contributed by atoms with Crippen molar-refractivity contribution in [1.29, 1.82) is 0 Å². The molecule has 0 radical (unpaired) electrons. The highest BCUT2D eigenvalue weighted by Crippen LogP contribution is 2.32. The number of rotatable bonds is 8. The number of carbonyl (C=O) groups is 1. The highest BCUT2D eigenvalue weighted by molar-refractivity contribution is 5.77.